The van der Waals surface area contributed by atoms with Gasteiger partial charge in [-0.2, -0.15) is 0 Å². The first-order chi connectivity index (χ1) is 16.2. The molecule has 0 amide bonds. The van der Waals surface area contributed by atoms with E-state index in [0.717, 1.165) is 5.56 Å². The maximum Gasteiger partial charge on any atom is 0.190 e. The summed E-state index contributed by atoms with van der Waals surface area (Å²) in [7, 11) is 0. The predicted molar refractivity (Wildman–Crippen MR) is 118 cm³/mol. The van der Waals surface area contributed by atoms with Gasteiger partial charge in [0.15, 0.2) is 24.2 Å². The van der Waals surface area contributed by atoms with E-state index in [0.29, 0.717) is 13.2 Å². The number of aliphatic hydroxyl groups is 1. The van der Waals surface area contributed by atoms with Crippen molar-refractivity contribution in [1.82, 2.24) is 0 Å². The van der Waals surface area contributed by atoms with Gasteiger partial charge >= 0.3 is 0 Å². The maximum absolute atomic E-state index is 10.4. The first-order valence-corrected chi connectivity index (χ1v) is 11.8. The lowest BCUT2D eigenvalue weighted by atomic mass is 10.1. The molecule has 0 aromatic heterocycles. The van der Waals surface area contributed by atoms with Gasteiger partial charge in [-0.3, -0.25) is 0 Å². The van der Waals surface area contributed by atoms with Crippen molar-refractivity contribution in [2.24, 2.45) is 0 Å². The number of fused-ring (bicyclic) bond motifs is 1. The van der Waals surface area contributed by atoms with Crippen molar-refractivity contribution >= 4 is 0 Å². The average Bonchev–Trinajstić information content (AvgIpc) is 3.40. The molecule has 1 aromatic rings. The molecule has 4 aliphatic rings. The number of aliphatic hydroxyl groups excluding tert-OH is 1. The molecular formula is C25H34O9. The molecule has 0 unspecified atom stereocenters. The van der Waals surface area contributed by atoms with Gasteiger partial charge in [0.05, 0.1) is 19.8 Å². The molecule has 0 spiro atoms. The highest BCUT2D eigenvalue weighted by molar-refractivity contribution is 5.13. The molecule has 34 heavy (non-hydrogen) atoms. The van der Waals surface area contributed by atoms with E-state index in [4.69, 9.17) is 37.9 Å². The van der Waals surface area contributed by atoms with E-state index >= 15 is 0 Å². The summed E-state index contributed by atoms with van der Waals surface area (Å²) in [6.07, 6.45) is -1.09. The van der Waals surface area contributed by atoms with Crippen LogP contribution in [0.15, 0.2) is 42.5 Å². The summed E-state index contributed by atoms with van der Waals surface area (Å²) in [4.78, 5) is 0. The Bertz CT molecular complexity index is 857. The highest BCUT2D eigenvalue weighted by Gasteiger charge is 2.59. The fraction of sp³-hybridized carbons (Fsp3) is 0.680. The zero-order chi connectivity index (χ0) is 23.9. The summed E-state index contributed by atoms with van der Waals surface area (Å²) in [6, 6.07) is 9.85. The van der Waals surface area contributed by atoms with Gasteiger partial charge in [-0.25, -0.2) is 0 Å². The van der Waals surface area contributed by atoms with Gasteiger partial charge in [0, 0.05) is 0 Å². The van der Waals surface area contributed by atoms with E-state index in [2.05, 4.69) is 0 Å². The molecular weight excluding hydrogens is 444 g/mol. The monoisotopic (exact) mass is 478 g/mol. The van der Waals surface area contributed by atoms with Crippen molar-refractivity contribution in [3.05, 3.63) is 48.0 Å². The predicted octanol–water partition coefficient (Wildman–Crippen LogP) is 2.26. The quantitative estimate of drug-likeness (QED) is 0.592. The van der Waals surface area contributed by atoms with Crippen LogP contribution < -0.4 is 0 Å². The van der Waals surface area contributed by atoms with Crippen molar-refractivity contribution in [1.29, 1.82) is 0 Å². The van der Waals surface area contributed by atoms with E-state index in [1.807, 2.05) is 58.0 Å². The van der Waals surface area contributed by atoms with E-state index in [1.165, 1.54) is 0 Å². The normalized spacial score (nSPS) is 40.5. The van der Waals surface area contributed by atoms with Gasteiger partial charge in [0.2, 0.25) is 0 Å². The molecule has 188 valence electrons. The van der Waals surface area contributed by atoms with Crippen LogP contribution >= 0.6 is 0 Å². The van der Waals surface area contributed by atoms with Crippen LogP contribution in [0.4, 0.5) is 0 Å². The van der Waals surface area contributed by atoms with Crippen LogP contribution in [0.5, 0.6) is 0 Å². The van der Waals surface area contributed by atoms with Crippen molar-refractivity contribution in [3.63, 3.8) is 0 Å². The van der Waals surface area contributed by atoms with Crippen molar-refractivity contribution in [2.75, 3.05) is 13.2 Å². The summed E-state index contributed by atoms with van der Waals surface area (Å²) < 4.78 is 48.2. The van der Waals surface area contributed by atoms with Crippen LogP contribution in [0.25, 0.3) is 0 Å². The van der Waals surface area contributed by atoms with Crippen molar-refractivity contribution in [3.8, 4) is 0 Å². The van der Waals surface area contributed by atoms with E-state index < -0.39 is 54.7 Å². The van der Waals surface area contributed by atoms with Crippen LogP contribution in [0.3, 0.4) is 0 Å². The maximum atomic E-state index is 10.4. The average molecular weight is 479 g/mol. The fourth-order valence-electron chi connectivity index (χ4n) is 4.70. The number of ether oxygens (including phenoxy) is 8. The molecule has 0 bridgehead atoms. The Labute approximate surface area is 199 Å². The number of hydrogen-bond donors (Lipinski definition) is 1. The first kappa shape index (κ1) is 24.3. The Morgan fingerprint density at radius 2 is 1.74 bits per heavy atom. The minimum atomic E-state index is -0.795. The molecule has 5 rings (SSSR count). The molecule has 1 aromatic carbocycles. The van der Waals surface area contributed by atoms with E-state index in [-0.39, 0.29) is 12.7 Å². The molecule has 3 fully saturated rings. The summed E-state index contributed by atoms with van der Waals surface area (Å²) in [5.41, 5.74) is 1.05. The van der Waals surface area contributed by atoms with E-state index in [9.17, 15) is 5.11 Å². The molecule has 8 atom stereocenters. The topological polar surface area (TPSA) is 94.1 Å². The molecule has 0 saturated carbocycles. The van der Waals surface area contributed by atoms with Gasteiger partial charge in [-0.05, 0) is 39.3 Å². The standard InChI is InChI=1S/C25H34O9/c1-24(2)28-14-18(32-24)20-21(22-23(31-20)34-25(3,4)33-22)30-19-11-10-16(26)17(29-19)13-27-12-15-8-6-5-7-9-15/h5-11,16-23,26H,12-14H2,1-4H3/t16-,17-,18-,19+,20-,21+,22-,23-/m1/s1. The summed E-state index contributed by atoms with van der Waals surface area (Å²) >= 11 is 0. The SMILES string of the molecule is CC1(C)O[C@H]2O[C@H]([C@H]3COC(C)(C)O3)[C@H](O[C@H]3C=C[C@@H](O)[C@@H](COCc4ccccc4)O3)[C@H]2O1. The van der Waals surface area contributed by atoms with Crippen molar-refractivity contribution in [2.45, 2.75) is 95.1 Å². The lowest BCUT2D eigenvalue weighted by Gasteiger charge is -2.34. The zero-order valence-corrected chi connectivity index (χ0v) is 20.0. The summed E-state index contributed by atoms with van der Waals surface area (Å²) in [5.74, 6) is -1.49. The third kappa shape index (κ3) is 5.38. The van der Waals surface area contributed by atoms with Gasteiger partial charge in [-0.15, -0.1) is 0 Å². The number of hydrogen-bond acceptors (Lipinski definition) is 9. The highest BCUT2D eigenvalue weighted by atomic mass is 16.9. The van der Waals surface area contributed by atoms with E-state index in [1.54, 1.807) is 12.2 Å². The van der Waals surface area contributed by atoms with Crippen LogP contribution in [0.2, 0.25) is 0 Å². The second kappa shape index (κ2) is 9.57. The Balaban J connectivity index is 1.23. The number of benzene rings is 1. The Hall–Kier alpha value is -1.40. The number of rotatable bonds is 7. The van der Waals surface area contributed by atoms with Crippen LogP contribution in [0, 0.1) is 0 Å². The van der Waals surface area contributed by atoms with Gasteiger partial charge < -0.3 is 43.0 Å². The molecule has 1 N–H and O–H groups in total. The molecule has 3 saturated heterocycles. The molecule has 0 aliphatic carbocycles. The minimum Gasteiger partial charge on any atom is -0.386 e. The molecule has 9 nitrogen and oxygen atoms in total. The zero-order valence-electron chi connectivity index (χ0n) is 20.0. The van der Waals surface area contributed by atoms with Gasteiger partial charge in [0.25, 0.3) is 0 Å². The third-order valence-corrected chi connectivity index (χ3v) is 6.26. The largest absolute Gasteiger partial charge is 0.386 e. The molecule has 9 heteroatoms. The second-order valence-corrected chi connectivity index (χ2v) is 9.96. The fourth-order valence-corrected chi connectivity index (χ4v) is 4.70. The minimum absolute atomic E-state index is 0.220. The Morgan fingerprint density at radius 1 is 0.941 bits per heavy atom. The van der Waals surface area contributed by atoms with Gasteiger partial charge in [0.1, 0.15) is 36.6 Å². The molecule has 4 heterocycles. The third-order valence-electron chi connectivity index (χ3n) is 6.26. The lowest BCUT2D eigenvalue weighted by Crippen LogP contribution is -2.48. The van der Waals surface area contributed by atoms with Crippen molar-refractivity contribution < 1.29 is 43.0 Å². The van der Waals surface area contributed by atoms with Crippen LogP contribution in [-0.4, -0.2) is 79.1 Å². The Kier molecular flexibility index (Phi) is 6.84. The Morgan fingerprint density at radius 3 is 2.47 bits per heavy atom. The lowest BCUT2D eigenvalue weighted by molar-refractivity contribution is -0.260. The van der Waals surface area contributed by atoms with Crippen LogP contribution in [-0.2, 0) is 44.5 Å². The summed E-state index contributed by atoms with van der Waals surface area (Å²) in [6.45, 7) is 8.43. The smallest absolute Gasteiger partial charge is 0.190 e. The highest BCUT2D eigenvalue weighted by Crippen LogP contribution is 2.42. The first-order valence-electron chi connectivity index (χ1n) is 11.8. The molecule has 4 aliphatic heterocycles. The van der Waals surface area contributed by atoms with Crippen LogP contribution in [0.1, 0.15) is 33.3 Å². The summed E-state index contributed by atoms with van der Waals surface area (Å²) in [5, 5.41) is 10.4. The van der Waals surface area contributed by atoms with Gasteiger partial charge in [-0.1, -0.05) is 36.4 Å². The molecule has 0 radical (unpaired) electrons. The second-order valence-electron chi connectivity index (χ2n) is 9.96.